The number of ether oxygens (including phenoxy) is 8. The minimum absolute atomic E-state index is 0.0235. The van der Waals surface area contributed by atoms with Gasteiger partial charge in [0.05, 0.1) is 56.0 Å². The van der Waals surface area contributed by atoms with Gasteiger partial charge in [-0.2, -0.15) is 13.2 Å². The van der Waals surface area contributed by atoms with Crippen LogP contribution in [0.4, 0.5) is 37.6 Å². The first-order valence-electron chi connectivity index (χ1n) is 41.5. The molecular formula is C92H107ClF4N14O17S. The number of terminal acetylenes is 1. The molecule has 0 spiro atoms. The molecule has 10 rings (SSSR count). The number of aliphatic carboxylic acids is 1. The number of carbonyl (C=O) groups excluding carboxylic acids is 8. The Morgan fingerprint density at radius 3 is 2.09 bits per heavy atom. The fourth-order valence-corrected chi connectivity index (χ4v) is 15.2. The standard InChI is InChI=1S/C90H106ClFN14O15S.C2HF3O2/c1-12-47-117-89(113)103-70(22-17-18-39-97-88(112)121-90(5,6)7)82(108)104-78(56(2)3)83(109)102-69(23-19-40-96-87(93)111)81(107)101-64-33-30-61(62(49-64)51-94-8)52-106(9)45-42-105(43-46-106)44-48-116-73-37-36-67(57(4)77(73)91)75-76-84(98-55-99-85(76)122-79(75)59-28-31-63(92)32-29-59)120-74(86(110)119-53-58-26-34-66(114-10)35-27-58)50-60-20-13-15-24-71(60)118-54-65-38-41-95-80(100-65)68-21-14-16-25-72(68)115-11;3-2(4,5)1(6)7/h1,13-16,20-21,24-38,41,49,55-56,69-70,74,78,94H,17-19,22-23,39-40,42-48,50-54H2,2-11H3,(H7-,93,96,97,101,102,103,104,107,108,109,111,112,113);(H,6,7)/t69-,70-,74+,78-;/m0./s1. The minimum Gasteiger partial charge on any atom is -0.542 e. The number of para-hydroxylation sites is 2. The van der Waals surface area contributed by atoms with Gasteiger partial charge in [-0.25, -0.2) is 43.5 Å². The van der Waals surface area contributed by atoms with E-state index in [-0.39, 0.29) is 64.5 Å². The molecule has 0 radical (unpaired) electrons. The van der Waals surface area contributed by atoms with Crippen LogP contribution in [0, 0.1) is 31.0 Å². The fraction of sp³-hybridized carbons (Fsp3) is 0.391. The van der Waals surface area contributed by atoms with Crippen molar-refractivity contribution in [2.45, 2.75) is 142 Å². The van der Waals surface area contributed by atoms with Crippen molar-refractivity contribution < 1.29 is 103 Å². The van der Waals surface area contributed by atoms with Crippen LogP contribution in [0.25, 0.3) is 43.2 Å². The molecule has 6 aromatic carbocycles. The van der Waals surface area contributed by atoms with Gasteiger partial charge in [-0.1, -0.05) is 98.1 Å². The molecule has 1 fully saturated rings. The number of rotatable bonds is 41. The molecule has 4 atom stereocenters. The molecule has 1 aliphatic heterocycles. The van der Waals surface area contributed by atoms with E-state index in [1.54, 1.807) is 85.4 Å². The number of hydrogen-bond donors (Lipinski definition) is 8. The number of amides is 7. The molecule has 3 aromatic heterocycles. The van der Waals surface area contributed by atoms with Crippen LogP contribution >= 0.6 is 22.9 Å². The molecule has 0 bridgehead atoms. The number of unbranched alkanes of at least 4 members (excludes halogenated alkanes) is 1. The molecular weight excluding hydrogens is 1720 g/mol. The lowest BCUT2D eigenvalue weighted by atomic mass is 9.96. The first-order chi connectivity index (χ1) is 61.6. The highest BCUT2D eigenvalue weighted by molar-refractivity contribution is 7.22. The zero-order valence-corrected chi connectivity index (χ0v) is 74.8. The summed E-state index contributed by atoms with van der Waals surface area (Å²) >= 11 is 8.75. The van der Waals surface area contributed by atoms with Gasteiger partial charge < -0.3 is 95.2 Å². The molecule has 0 saturated carbocycles. The summed E-state index contributed by atoms with van der Waals surface area (Å²) in [5.74, 6) is -1.58. The number of thiophene rings is 1. The highest BCUT2D eigenvalue weighted by Gasteiger charge is 2.36. The van der Waals surface area contributed by atoms with E-state index in [9.17, 15) is 51.1 Å². The van der Waals surface area contributed by atoms with Crippen LogP contribution in [-0.2, 0) is 70.9 Å². The Hall–Kier alpha value is -13.0. The summed E-state index contributed by atoms with van der Waals surface area (Å²) in [5.41, 5.74) is 12.5. The number of methoxy groups -OCH3 is 2. The van der Waals surface area contributed by atoms with Crippen LogP contribution in [0.5, 0.6) is 28.9 Å². The number of esters is 1. The van der Waals surface area contributed by atoms with Crippen molar-refractivity contribution in [1.29, 1.82) is 0 Å². The normalized spacial score (nSPS) is 13.4. The largest absolute Gasteiger partial charge is 0.542 e. The predicted octanol–water partition coefficient (Wildman–Crippen LogP) is 11.7. The van der Waals surface area contributed by atoms with Gasteiger partial charge in [-0.15, -0.1) is 17.8 Å². The number of alkyl carbamates (subject to hydrolysis) is 2. The van der Waals surface area contributed by atoms with Gasteiger partial charge >= 0.3 is 30.4 Å². The number of carbonyl (C=O) groups is 8. The van der Waals surface area contributed by atoms with Crippen molar-refractivity contribution in [1.82, 2.24) is 56.7 Å². The zero-order valence-electron chi connectivity index (χ0n) is 73.3. The number of nitrogens with zero attached hydrogens (tertiary/aromatic N) is 6. The number of anilines is 1. The summed E-state index contributed by atoms with van der Waals surface area (Å²) in [6.07, 6.45) is 1.44. The summed E-state index contributed by atoms with van der Waals surface area (Å²) in [5, 5.41) is 29.2. The maximum atomic E-state index is 14.8. The summed E-state index contributed by atoms with van der Waals surface area (Å²) < 4.78 is 94.3. The lowest BCUT2D eigenvalue weighted by Gasteiger charge is -2.42. The van der Waals surface area contributed by atoms with Crippen LogP contribution in [0.15, 0.2) is 146 Å². The summed E-state index contributed by atoms with van der Waals surface area (Å²) in [7, 11) is 7.23. The predicted molar refractivity (Wildman–Crippen MR) is 475 cm³/mol. The van der Waals surface area contributed by atoms with Gasteiger partial charge in [-0.05, 0) is 173 Å². The second kappa shape index (κ2) is 47.7. The average Bonchev–Trinajstić information content (AvgIpc) is 1.61. The number of aromatic nitrogens is 4. The van der Waals surface area contributed by atoms with Crippen LogP contribution in [-0.4, -0.2) is 201 Å². The van der Waals surface area contributed by atoms with Crippen molar-refractivity contribution in [3.8, 4) is 74.2 Å². The third-order valence-corrected chi connectivity index (χ3v) is 22.2. The molecule has 31 nitrogen and oxygen atoms in total. The van der Waals surface area contributed by atoms with E-state index in [0.29, 0.717) is 133 Å². The maximum absolute atomic E-state index is 14.8. The zero-order chi connectivity index (χ0) is 93.5. The molecule has 37 heteroatoms. The van der Waals surface area contributed by atoms with Gasteiger partial charge in [0.2, 0.25) is 29.7 Å². The minimum atomic E-state index is -5.19. The molecule has 0 aliphatic carbocycles. The number of urea groups is 1. The van der Waals surface area contributed by atoms with E-state index < -0.39 is 95.6 Å². The second-order valence-electron chi connectivity index (χ2n) is 31.8. The molecule has 9 aromatic rings. The van der Waals surface area contributed by atoms with Crippen molar-refractivity contribution in [2.24, 2.45) is 11.7 Å². The molecule has 9 N–H and O–H groups in total. The monoisotopic (exact) mass is 1820 g/mol. The number of carboxylic acid groups (broad SMARTS) is 1. The highest BCUT2D eigenvalue weighted by Crippen LogP contribution is 2.50. The lowest BCUT2D eigenvalue weighted by Crippen LogP contribution is -2.57. The van der Waals surface area contributed by atoms with Crippen molar-refractivity contribution in [3.63, 3.8) is 0 Å². The number of fused-ring (bicyclic) bond motifs is 1. The van der Waals surface area contributed by atoms with Gasteiger partial charge in [-0.3, -0.25) is 19.3 Å². The van der Waals surface area contributed by atoms with Crippen LogP contribution in [0.3, 0.4) is 0 Å². The Kier molecular flexibility index (Phi) is 36.9. The highest BCUT2D eigenvalue weighted by atomic mass is 35.5. The number of nitrogens with two attached hydrogens (primary N) is 1. The van der Waals surface area contributed by atoms with Crippen LogP contribution < -0.4 is 71.7 Å². The molecule has 0 unspecified atom stereocenters. The molecule has 1 saturated heterocycles. The Labute approximate surface area is 754 Å². The first-order valence-corrected chi connectivity index (χ1v) is 42.7. The molecule has 688 valence electrons. The average molecular weight is 1820 g/mol. The second-order valence-corrected chi connectivity index (χ2v) is 33.2. The molecule has 1 aliphatic rings. The number of piperazine rings is 1. The third kappa shape index (κ3) is 30.1. The molecule has 4 heterocycles. The Balaban J connectivity index is 0.00000257. The van der Waals surface area contributed by atoms with Crippen molar-refractivity contribution in [2.75, 3.05) is 92.7 Å². The smallest absolute Gasteiger partial charge is 0.430 e. The topological polar surface area (TPSA) is 398 Å². The van der Waals surface area contributed by atoms with E-state index in [2.05, 4.69) is 60.1 Å². The number of quaternary nitrogens is 1. The van der Waals surface area contributed by atoms with Gasteiger partial charge in [0.25, 0.3) is 0 Å². The van der Waals surface area contributed by atoms with Gasteiger partial charge in [0, 0.05) is 73.6 Å². The fourth-order valence-electron chi connectivity index (χ4n) is 13.9. The quantitative estimate of drug-likeness (QED) is 0.00440. The number of likely N-dealkylation sites (N-methyl/N-ethyl adjacent to an activating group) is 1. The SMILES string of the molecule is C#CCOC(=O)N[C@@H](CCCCNC(=O)OC(C)(C)C)C(=O)N[C@H](C(=O)N[C@@H](CCCNC(N)=O)C(=O)Nc1ccc(C[N+]2(C)CCN(CCOc3ccc(-c4c(-c5ccc(F)cc5)sc5ncnc(O[C@H](Cc6ccccc6OCc6ccnc(-c7ccccc7OC)n6)C(=O)OCc6ccc(OC)cc6)c45)c(C)c3Cl)CC2)c(CNC)c1)C(C)C.O=C([O-])C(F)(F)F. The first kappa shape index (κ1) is 99.8. The summed E-state index contributed by atoms with van der Waals surface area (Å²) in [6, 6.07) is 35.2. The summed E-state index contributed by atoms with van der Waals surface area (Å²) in [4.78, 5) is 125. The number of primary amides is 1. The van der Waals surface area contributed by atoms with E-state index >= 15 is 0 Å². The number of benzene rings is 6. The van der Waals surface area contributed by atoms with E-state index in [1.807, 2.05) is 105 Å². The Morgan fingerprint density at radius 2 is 1.42 bits per heavy atom. The van der Waals surface area contributed by atoms with Gasteiger partial charge in [0.15, 0.2) is 12.4 Å². The van der Waals surface area contributed by atoms with Crippen molar-refractivity contribution >= 4 is 86.7 Å². The van der Waals surface area contributed by atoms with Crippen LogP contribution in [0.1, 0.15) is 100 Å². The van der Waals surface area contributed by atoms with E-state index in [4.69, 9.17) is 86.5 Å². The van der Waals surface area contributed by atoms with Crippen molar-refractivity contribution in [3.05, 3.63) is 190 Å². The Bertz CT molecular complexity index is 5380. The maximum Gasteiger partial charge on any atom is 0.430 e. The number of alkyl halides is 3. The van der Waals surface area contributed by atoms with Gasteiger partial charge in [0.1, 0.15) is 96.0 Å². The van der Waals surface area contributed by atoms with Crippen LogP contribution in [0.2, 0.25) is 5.02 Å². The number of hydrogen-bond acceptors (Lipinski definition) is 24. The third-order valence-electron chi connectivity index (χ3n) is 20.6. The summed E-state index contributed by atoms with van der Waals surface area (Å²) in [6.45, 7) is 15.8. The Morgan fingerprint density at radius 1 is 0.729 bits per heavy atom. The number of carboxylic acids is 1. The molecule has 129 heavy (non-hydrogen) atoms. The number of halogens is 5. The molecule has 7 amide bonds. The lowest BCUT2D eigenvalue weighted by molar-refractivity contribution is -0.926. The van der Waals surface area contributed by atoms with E-state index in [1.165, 1.54) is 29.8 Å². The number of nitrogens with one attached hydrogen (secondary N) is 7. The van der Waals surface area contributed by atoms with E-state index in [0.717, 1.165) is 47.4 Å².